The van der Waals surface area contributed by atoms with Crippen molar-refractivity contribution in [1.82, 2.24) is 10.3 Å². The lowest BCUT2D eigenvalue weighted by Gasteiger charge is -1.98. The van der Waals surface area contributed by atoms with Gasteiger partial charge in [-0.25, -0.2) is 4.98 Å². The third-order valence-corrected chi connectivity index (χ3v) is 3.17. The number of rotatable bonds is 3. The van der Waals surface area contributed by atoms with E-state index in [1.807, 2.05) is 29.6 Å². The topological polar surface area (TPSA) is 68.0 Å². The lowest BCUT2D eigenvalue weighted by molar-refractivity contribution is -0.119. The molecule has 2 rings (SSSR count). The summed E-state index contributed by atoms with van der Waals surface area (Å²) in [7, 11) is 1.62. The van der Waals surface area contributed by atoms with E-state index in [-0.39, 0.29) is 5.91 Å². The first kappa shape index (κ1) is 11.6. The van der Waals surface area contributed by atoms with Gasteiger partial charge in [0.05, 0.1) is 12.1 Å². The van der Waals surface area contributed by atoms with Crippen LogP contribution in [0.15, 0.2) is 29.6 Å². The van der Waals surface area contributed by atoms with Gasteiger partial charge in [-0.05, 0) is 12.1 Å². The number of thiazole rings is 1. The van der Waals surface area contributed by atoms with Crippen molar-refractivity contribution in [3.05, 3.63) is 34.7 Å². The van der Waals surface area contributed by atoms with Crippen LogP contribution in [0.25, 0.3) is 11.3 Å². The summed E-state index contributed by atoms with van der Waals surface area (Å²) in [5, 5.41) is 5.32. The van der Waals surface area contributed by atoms with E-state index in [9.17, 15) is 4.79 Å². The van der Waals surface area contributed by atoms with E-state index in [4.69, 9.17) is 5.73 Å². The molecule has 1 aromatic heterocycles. The van der Waals surface area contributed by atoms with E-state index in [1.165, 1.54) is 11.3 Å². The first-order valence-electron chi connectivity index (χ1n) is 5.20. The minimum atomic E-state index is -0.0292. The second-order valence-electron chi connectivity index (χ2n) is 3.60. The molecule has 0 spiro atoms. The smallest absolute Gasteiger partial charge is 0.226 e. The lowest BCUT2D eigenvalue weighted by atomic mass is 10.1. The van der Waals surface area contributed by atoms with Gasteiger partial charge in [-0.3, -0.25) is 4.79 Å². The van der Waals surface area contributed by atoms with Gasteiger partial charge in [0.2, 0.25) is 5.91 Å². The zero-order chi connectivity index (χ0) is 12.3. The number of likely N-dealkylation sites (N-methyl/N-ethyl adjacent to an activating group) is 1. The maximum atomic E-state index is 11.2. The fourth-order valence-corrected chi connectivity index (χ4v) is 2.25. The number of amides is 1. The molecule has 0 aliphatic rings. The molecule has 5 heteroatoms. The van der Waals surface area contributed by atoms with Crippen LogP contribution >= 0.6 is 11.3 Å². The summed E-state index contributed by atoms with van der Waals surface area (Å²) in [6.45, 7) is 0. The molecule has 0 bridgehead atoms. The highest BCUT2D eigenvalue weighted by molar-refractivity contribution is 7.10. The van der Waals surface area contributed by atoms with Gasteiger partial charge in [-0.2, -0.15) is 0 Å². The quantitative estimate of drug-likeness (QED) is 0.811. The SMILES string of the molecule is CNC(=O)Cc1nc(-c2cccc(N)c2)cs1. The second kappa shape index (κ2) is 4.97. The third-order valence-electron chi connectivity index (χ3n) is 2.32. The number of nitrogens with one attached hydrogen (secondary N) is 1. The monoisotopic (exact) mass is 247 g/mol. The highest BCUT2D eigenvalue weighted by atomic mass is 32.1. The molecule has 0 radical (unpaired) electrons. The Labute approximate surface area is 103 Å². The van der Waals surface area contributed by atoms with Crippen LogP contribution in [-0.2, 0) is 11.2 Å². The molecule has 4 nitrogen and oxygen atoms in total. The summed E-state index contributed by atoms with van der Waals surface area (Å²) in [6, 6.07) is 7.55. The minimum absolute atomic E-state index is 0.0292. The molecular formula is C12H13N3OS. The normalized spacial score (nSPS) is 10.2. The summed E-state index contributed by atoms with van der Waals surface area (Å²) in [5.74, 6) is -0.0292. The summed E-state index contributed by atoms with van der Waals surface area (Å²) >= 11 is 1.48. The molecule has 0 unspecified atom stereocenters. The number of hydrogen-bond donors (Lipinski definition) is 2. The number of hydrogen-bond acceptors (Lipinski definition) is 4. The Morgan fingerprint density at radius 2 is 2.35 bits per heavy atom. The molecule has 0 aliphatic heterocycles. The van der Waals surface area contributed by atoms with Crippen molar-refractivity contribution in [2.75, 3.05) is 12.8 Å². The molecule has 3 N–H and O–H groups in total. The average molecular weight is 247 g/mol. The van der Waals surface area contributed by atoms with Crippen molar-refractivity contribution in [1.29, 1.82) is 0 Å². The van der Waals surface area contributed by atoms with Gasteiger partial charge in [-0.1, -0.05) is 12.1 Å². The predicted octanol–water partition coefficient (Wildman–Crippen LogP) is 1.68. The summed E-state index contributed by atoms with van der Waals surface area (Å²) < 4.78 is 0. The summed E-state index contributed by atoms with van der Waals surface area (Å²) in [5.41, 5.74) is 8.27. The fourth-order valence-electron chi connectivity index (χ4n) is 1.45. The van der Waals surface area contributed by atoms with Crippen molar-refractivity contribution >= 4 is 22.9 Å². The maximum absolute atomic E-state index is 11.2. The van der Waals surface area contributed by atoms with E-state index in [1.54, 1.807) is 7.05 Å². The number of anilines is 1. The first-order valence-corrected chi connectivity index (χ1v) is 6.08. The van der Waals surface area contributed by atoms with Crippen LogP contribution in [0, 0.1) is 0 Å². The number of nitrogens with two attached hydrogens (primary N) is 1. The van der Waals surface area contributed by atoms with Gasteiger partial charge in [0.1, 0.15) is 5.01 Å². The van der Waals surface area contributed by atoms with Gasteiger partial charge in [-0.15, -0.1) is 11.3 Å². The largest absolute Gasteiger partial charge is 0.399 e. The molecule has 17 heavy (non-hydrogen) atoms. The Hall–Kier alpha value is -1.88. The maximum Gasteiger partial charge on any atom is 0.226 e. The van der Waals surface area contributed by atoms with E-state index in [0.717, 1.165) is 16.3 Å². The van der Waals surface area contributed by atoms with E-state index in [2.05, 4.69) is 10.3 Å². The number of nitrogens with zero attached hydrogens (tertiary/aromatic N) is 1. The fraction of sp³-hybridized carbons (Fsp3) is 0.167. The molecule has 0 saturated heterocycles. The van der Waals surface area contributed by atoms with Crippen LogP contribution in [0.5, 0.6) is 0 Å². The van der Waals surface area contributed by atoms with Gasteiger partial charge in [0, 0.05) is 23.7 Å². The molecular weight excluding hydrogens is 234 g/mol. The van der Waals surface area contributed by atoms with Gasteiger partial charge in [0.15, 0.2) is 0 Å². The van der Waals surface area contributed by atoms with E-state index in [0.29, 0.717) is 12.1 Å². The van der Waals surface area contributed by atoms with Gasteiger partial charge in [0.25, 0.3) is 0 Å². The standard InChI is InChI=1S/C12H13N3OS/c1-14-11(16)6-12-15-10(7-17-12)8-3-2-4-9(13)5-8/h2-5,7H,6,13H2,1H3,(H,14,16). The van der Waals surface area contributed by atoms with Crippen LogP contribution in [0.1, 0.15) is 5.01 Å². The molecule has 88 valence electrons. The number of carbonyl (C=O) groups is 1. The summed E-state index contributed by atoms with van der Waals surface area (Å²) in [4.78, 5) is 15.6. The Kier molecular flexibility index (Phi) is 3.39. The van der Waals surface area contributed by atoms with Crippen LogP contribution in [0.4, 0.5) is 5.69 Å². The molecule has 1 heterocycles. The van der Waals surface area contributed by atoms with Crippen molar-refractivity contribution in [3.63, 3.8) is 0 Å². The lowest BCUT2D eigenvalue weighted by Crippen LogP contribution is -2.19. The van der Waals surface area contributed by atoms with Crippen LogP contribution in [0.3, 0.4) is 0 Å². The molecule has 1 amide bonds. The van der Waals surface area contributed by atoms with Crippen LogP contribution in [-0.4, -0.2) is 17.9 Å². The highest BCUT2D eigenvalue weighted by Gasteiger charge is 2.07. The van der Waals surface area contributed by atoms with Crippen LogP contribution in [0.2, 0.25) is 0 Å². The Morgan fingerprint density at radius 3 is 3.06 bits per heavy atom. The van der Waals surface area contributed by atoms with Gasteiger partial charge < -0.3 is 11.1 Å². The zero-order valence-electron chi connectivity index (χ0n) is 9.43. The third kappa shape index (κ3) is 2.82. The van der Waals surface area contributed by atoms with Crippen molar-refractivity contribution in [2.24, 2.45) is 0 Å². The number of nitrogen functional groups attached to an aromatic ring is 1. The first-order chi connectivity index (χ1) is 8.19. The molecule has 0 fully saturated rings. The number of benzene rings is 1. The average Bonchev–Trinajstić information content (AvgIpc) is 2.77. The van der Waals surface area contributed by atoms with Crippen molar-refractivity contribution in [3.8, 4) is 11.3 Å². The van der Waals surface area contributed by atoms with Gasteiger partial charge >= 0.3 is 0 Å². The zero-order valence-corrected chi connectivity index (χ0v) is 10.3. The molecule has 0 saturated carbocycles. The number of aromatic nitrogens is 1. The molecule has 0 atom stereocenters. The summed E-state index contributed by atoms with van der Waals surface area (Å²) in [6.07, 6.45) is 0.323. The second-order valence-corrected chi connectivity index (χ2v) is 4.54. The van der Waals surface area contributed by atoms with E-state index < -0.39 is 0 Å². The highest BCUT2D eigenvalue weighted by Crippen LogP contribution is 2.23. The Balaban J connectivity index is 2.21. The van der Waals surface area contributed by atoms with E-state index >= 15 is 0 Å². The van der Waals surface area contributed by atoms with Crippen molar-refractivity contribution in [2.45, 2.75) is 6.42 Å². The Morgan fingerprint density at radius 1 is 1.53 bits per heavy atom. The van der Waals surface area contributed by atoms with Crippen molar-refractivity contribution < 1.29 is 4.79 Å². The predicted molar refractivity (Wildman–Crippen MR) is 69.7 cm³/mol. The van der Waals surface area contributed by atoms with Crippen LogP contribution < -0.4 is 11.1 Å². The number of carbonyl (C=O) groups excluding carboxylic acids is 1. The molecule has 0 aliphatic carbocycles. The minimum Gasteiger partial charge on any atom is -0.399 e. The molecule has 2 aromatic rings. The Bertz CT molecular complexity index is 536. The molecule has 1 aromatic carbocycles.